The van der Waals surface area contributed by atoms with Gasteiger partial charge in [-0.2, -0.15) is 0 Å². The maximum absolute atomic E-state index is 11.5. The Bertz CT molecular complexity index is 321. The fraction of sp³-hybridized carbons (Fsp3) is 0.545. The first-order chi connectivity index (χ1) is 6.58. The van der Waals surface area contributed by atoms with Crippen molar-refractivity contribution in [1.82, 2.24) is 9.97 Å². The van der Waals surface area contributed by atoms with Crippen LogP contribution in [0, 0.1) is 12.8 Å². The van der Waals surface area contributed by atoms with Crippen molar-refractivity contribution in [2.24, 2.45) is 5.92 Å². The zero-order chi connectivity index (χ0) is 10.6. The molecule has 1 rings (SSSR count). The fourth-order valence-electron chi connectivity index (χ4n) is 1.33. The maximum Gasteiger partial charge on any atom is 0.139 e. The van der Waals surface area contributed by atoms with E-state index >= 15 is 0 Å². The van der Waals surface area contributed by atoms with Crippen molar-refractivity contribution >= 4 is 5.78 Å². The highest BCUT2D eigenvalue weighted by atomic mass is 16.1. The molecule has 1 aromatic rings. The number of Topliss-reactive ketones (excluding diaryl/α,β-unsaturated/α-hetero) is 1. The van der Waals surface area contributed by atoms with Crippen LogP contribution in [0.4, 0.5) is 0 Å². The van der Waals surface area contributed by atoms with Crippen LogP contribution in [0.5, 0.6) is 0 Å². The summed E-state index contributed by atoms with van der Waals surface area (Å²) in [5.41, 5.74) is 0.822. The maximum atomic E-state index is 11.5. The minimum absolute atomic E-state index is 0.248. The van der Waals surface area contributed by atoms with Gasteiger partial charge in [-0.05, 0) is 18.9 Å². The van der Waals surface area contributed by atoms with Gasteiger partial charge in [0.15, 0.2) is 0 Å². The number of carbonyl (C=O) groups is 1. The lowest BCUT2D eigenvalue weighted by Gasteiger charge is -2.03. The van der Waals surface area contributed by atoms with Crippen molar-refractivity contribution in [1.29, 1.82) is 0 Å². The minimum atomic E-state index is 0.248. The number of rotatable bonds is 4. The first-order valence-corrected chi connectivity index (χ1v) is 4.88. The molecule has 3 heteroatoms. The van der Waals surface area contributed by atoms with Crippen molar-refractivity contribution in [2.45, 2.75) is 33.6 Å². The Morgan fingerprint density at radius 2 is 2.21 bits per heavy atom. The summed E-state index contributed by atoms with van der Waals surface area (Å²) in [5, 5.41) is 0. The first kappa shape index (κ1) is 10.8. The van der Waals surface area contributed by atoms with Crippen molar-refractivity contribution in [3.8, 4) is 0 Å². The first-order valence-electron chi connectivity index (χ1n) is 4.88. The zero-order valence-electron chi connectivity index (χ0n) is 8.95. The van der Waals surface area contributed by atoms with E-state index in [1.165, 1.54) is 0 Å². The molecule has 0 saturated carbocycles. The molecule has 1 heterocycles. The van der Waals surface area contributed by atoms with E-state index in [0.29, 0.717) is 18.8 Å². The largest absolute Gasteiger partial charge is 0.299 e. The van der Waals surface area contributed by atoms with E-state index in [0.717, 1.165) is 11.5 Å². The second-order valence-corrected chi connectivity index (χ2v) is 3.91. The zero-order valence-corrected chi connectivity index (χ0v) is 8.95. The molecule has 0 atom stereocenters. The second-order valence-electron chi connectivity index (χ2n) is 3.91. The molecule has 0 N–H and O–H groups in total. The number of hydrogen-bond donors (Lipinski definition) is 0. The van der Waals surface area contributed by atoms with Crippen molar-refractivity contribution in [3.63, 3.8) is 0 Å². The van der Waals surface area contributed by atoms with Gasteiger partial charge < -0.3 is 0 Å². The molecule has 3 nitrogen and oxygen atoms in total. The summed E-state index contributed by atoms with van der Waals surface area (Å²) in [6, 6.07) is 1.80. The lowest BCUT2D eigenvalue weighted by molar-refractivity contribution is -0.119. The van der Waals surface area contributed by atoms with Gasteiger partial charge in [-0.15, -0.1) is 0 Å². The molecule has 0 fully saturated rings. The molecule has 1 aromatic heterocycles. The van der Waals surface area contributed by atoms with Crippen molar-refractivity contribution in [3.05, 3.63) is 23.8 Å². The highest BCUT2D eigenvalue weighted by molar-refractivity contribution is 5.80. The Hall–Kier alpha value is -1.25. The van der Waals surface area contributed by atoms with Gasteiger partial charge in [0.05, 0.1) is 5.69 Å². The summed E-state index contributed by atoms with van der Waals surface area (Å²) in [5.74, 6) is 1.39. The van der Waals surface area contributed by atoms with Crippen LogP contribution in [0.1, 0.15) is 31.8 Å². The summed E-state index contributed by atoms with van der Waals surface area (Å²) in [4.78, 5) is 19.6. The Kier molecular flexibility index (Phi) is 3.74. The molecule has 0 spiro atoms. The molecule has 76 valence electrons. The van der Waals surface area contributed by atoms with Crippen LogP contribution in [0.2, 0.25) is 0 Å². The van der Waals surface area contributed by atoms with Crippen LogP contribution < -0.4 is 0 Å². The normalized spacial score (nSPS) is 10.6. The van der Waals surface area contributed by atoms with Crippen LogP contribution in [-0.4, -0.2) is 15.8 Å². The third-order valence-corrected chi connectivity index (χ3v) is 1.85. The van der Waals surface area contributed by atoms with E-state index in [4.69, 9.17) is 0 Å². The number of carbonyl (C=O) groups excluding carboxylic acids is 1. The molecule has 0 saturated heterocycles. The molecule has 0 amide bonds. The Morgan fingerprint density at radius 3 is 2.79 bits per heavy atom. The van der Waals surface area contributed by atoms with Crippen LogP contribution in [0.25, 0.3) is 0 Å². The molecular formula is C11H16N2O. The van der Waals surface area contributed by atoms with E-state index in [1.807, 2.05) is 20.8 Å². The smallest absolute Gasteiger partial charge is 0.139 e. The van der Waals surface area contributed by atoms with Crippen LogP contribution in [-0.2, 0) is 11.2 Å². The van der Waals surface area contributed by atoms with Gasteiger partial charge in [0.25, 0.3) is 0 Å². The number of nitrogens with zero attached hydrogens (tertiary/aromatic N) is 2. The van der Waals surface area contributed by atoms with Gasteiger partial charge in [0.2, 0.25) is 0 Å². The van der Waals surface area contributed by atoms with Gasteiger partial charge >= 0.3 is 0 Å². The SMILES string of the molecule is Cc1nccc(CC(=O)CC(C)C)n1. The molecule has 0 aliphatic carbocycles. The highest BCUT2D eigenvalue weighted by Crippen LogP contribution is 2.04. The van der Waals surface area contributed by atoms with Gasteiger partial charge in [0.1, 0.15) is 11.6 Å². The summed E-state index contributed by atoms with van der Waals surface area (Å²) < 4.78 is 0. The van der Waals surface area contributed by atoms with E-state index in [2.05, 4.69) is 9.97 Å². The van der Waals surface area contributed by atoms with Gasteiger partial charge in [0, 0.05) is 19.0 Å². The van der Waals surface area contributed by atoms with Gasteiger partial charge in [-0.25, -0.2) is 9.97 Å². The molecule has 0 aliphatic heterocycles. The van der Waals surface area contributed by atoms with E-state index < -0.39 is 0 Å². The van der Waals surface area contributed by atoms with Crippen LogP contribution >= 0.6 is 0 Å². The Morgan fingerprint density at radius 1 is 1.50 bits per heavy atom. The van der Waals surface area contributed by atoms with Crippen LogP contribution in [0.15, 0.2) is 12.3 Å². The third-order valence-electron chi connectivity index (χ3n) is 1.85. The fourth-order valence-corrected chi connectivity index (χ4v) is 1.33. The molecule has 14 heavy (non-hydrogen) atoms. The van der Waals surface area contributed by atoms with Crippen molar-refractivity contribution in [2.75, 3.05) is 0 Å². The average molecular weight is 192 g/mol. The Labute approximate surface area is 84.6 Å². The summed E-state index contributed by atoms with van der Waals surface area (Å²) in [6.07, 6.45) is 2.75. The second kappa shape index (κ2) is 4.84. The van der Waals surface area contributed by atoms with E-state index in [1.54, 1.807) is 12.3 Å². The lowest BCUT2D eigenvalue weighted by Crippen LogP contribution is -2.08. The highest BCUT2D eigenvalue weighted by Gasteiger charge is 2.07. The quantitative estimate of drug-likeness (QED) is 0.732. The summed E-state index contributed by atoms with van der Waals surface area (Å²) in [7, 11) is 0. The molecular weight excluding hydrogens is 176 g/mol. The standard InChI is InChI=1S/C11H16N2O/c1-8(2)6-11(14)7-10-4-5-12-9(3)13-10/h4-5,8H,6-7H2,1-3H3. The van der Waals surface area contributed by atoms with Gasteiger partial charge in [-0.1, -0.05) is 13.8 Å². The molecule has 0 radical (unpaired) electrons. The molecule has 0 aliphatic rings. The minimum Gasteiger partial charge on any atom is -0.299 e. The lowest BCUT2D eigenvalue weighted by atomic mass is 10.0. The average Bonchev–Trinajstić information content (AvgIpc) is 2.01. The predicted octanol–water partition coefficient (Wildman–Crippen LogP) is 1.94. The van der Waals surface area contributed by atoms with Gasteiger partial charge in [-0.3, -0.25) is 4.79 Å². The molecule has 0 bridgehead atoms. The number of hydrogen-bond acceptors (Lipinski definition) is 3. The summed E-state index contributed by atoms with van der Waals surface area (Å²) in [6.45, 7) is 5.92. The molecule has 0 aromatic carbocycles. The molecule has 0 unspecified atom stereocenters. The monoisotopic (exact) mass is 192 g/mol. The topological polar surface area (TPSA) is 42.9 Å². The predicted molar refractivity (Wildman–Crippen MR) is 54.9 cm³/mol. The summed E-state index contributed by atoms with van der Waals surface area (Å²) >= 11 is 0. The number of ketones is 1. The van der Waals surface area contributed by atoms with E-state index in [-0.39, 0.29) is 5.78 Å². The van der Waals surface area contributed by atoms with Crippen LogP contribution in [0.3, 0.4) is 0 Å². The Balaban J connectivity index is 2.56. The number of aromatic nitrogens is 2. The van der Waals surface area contributed by atoms with Crippen molar-refractivity contribution < 1.29 is 4.79 Å². The van der Waals surface area contributed by atoms with E-state index in [9.17, 15) is 4.79 Å². The number of aryl methyl sites for hydroxylation is 1. The third kappa shape index (κ3) is 3.64.